The Morgan fingerprint density at radius 3 is 2.43 bits per heavy atom. The lowest BCUT2D eigenvalue weighted by Gasteiger charge is -2.26. The fraction of sp³-hybridized carbons (Fsp3) is 0.667. The number of thiol groups is 1. The minimum absolute atomic E-state index is 0.248. The molecule has 0 aliphatic heterocycles. The van der Waals surface area contributed by atoms with E-state index in [9.17, 15) is 4.79 Å². The van der Waals surface area contributed by atoms with Crippen molar-refractivity contribution in [2.45, 2.75) is 38.3 Å². The average Bonchev–Trinajstić information content (AvgIpc) is 2.02. The molecule has 78 valence electrons. The first-order chi connectivity index (χ1) is 6.35. The zero-order valence-corrected chi connectivity index (χ0v) is 9.72. The van der Waals surface area contributed by atoms with Crippen LogP contribution in [0.3, 0.4) is 0 Å². The van der Waals surface area contributed by atoms with Crippen molar-refractivity contribution in [2.75, 3.05) is 0 Å². The van der Waals surface area contributed by atoms with Gasteiger partial charge in [0.05, 0.1) is 0 Å². The molecule has 0 aromatic carbocycles. The Bertz CT molecular complexity index is 384. The van der Waals surface area contributed by atoms with E-state index >= 15 is 0 Å². The molecule has 0 aliphatic rings. The molecule has 0 fully saturated rings. The number of rotatable bonds is 2. The molecule has 1 aromatic heterocycles. The summed E-state index contributed by atoms with van der Waals surface area (Å²) in [4.78, 5) is 15.3. The van der Waals surface area contributed by atoms with Crippen LogP contribution < -0.4 is 5.56 Å². The lowest BCUT2D eigenvalue weighted by atomic mass is 9.78. The summed E-state index contributed by atoms with van der Waals surface area (Å²) in [7, 11) is 0. The third kappa shape index (κ3) is 1.97. The highest BCUT2D eigenvalue weighted by molar-refractivity contribution is 7.80. The van der Waals surface area contributed by atoms with Gasteiger partial charge in [-0.3, -0.25) is 9.89 Å². The summed E-state index contributed by atoms with van der Waals surface area (Å²) >= 11 is 3.92. The van der Waals surface area contributed by atoms with Crippen LogP contribution in [-0.4, -0.2) is 15.2 Å². The van der Waals surface area contributed by atoms with Crippen molar-refractivity contribution in [2.24, 2.45) is 5.92 Å². The second-order valence-corrected chi connectivity index (χ2v) is 4.61. The Kier molecular flexibility index (Phi) is 2.99. The first-order valence-corrected chi connectivity index (χ1v) is 4.96. The Hall–Kier alpha value is -0.840. The maximum Gasteiger partial charge on any atom is 0.296 e. The van der Waals surface area contributed by atoms with Gasteiger partial charge in [0, 0.05) is 5.41 Å². The summed E-state index contributed by atoms with van der Waals surface area (Å²) in [5, 5.41) is 6.85. The third-order valence-electron chi connectivity index (χ3n) is 2.73. The van der Waals surface area contributed by atoms with Crippen molar-refractivity contribution in [1.82, 2.24) is 15.2 Å². The van der Waals surface area contributed by atoms with E-state index in [1.807, 2.05) is 13.8 Å². The van der Waals surface area contributed by atoms with Crippen molar-refractivity contribution in [1.29, 1.82) is 0 Å². The van der Waals surface area contributed by atoms with Crippen molar-refractivity contribution < 1.29 is 0 Å². The van der Waals surface area contributed by atoms with Crippen LogP contribution in [0.1, 0.15) is 33.4 Å². The smallest absolute Gasteiger partial charge is 0.265 e. The second-order valence-electron chi connectivity index (χ2n) is 4.19. The Labute approximate surface area is 88.6 Å². The van der Waals surface area contributed by atoms with Crippen LogP contribution in [-0.2, 0) is 5.41 Å². The fourth-order valence-electron chi connectivity index (χ4n) is 1.02. The molecule has 0 saturated carbocycles. The van der Waals surface area contributed by atoms with Crippen molar-refractivity contribution in [3.63, 3.8) is 0 Å². The van der Waals surface area contributed by atoms with Crippen LogP contribution in [0.2, 0.25) is 0 Å². The molecule has 14 heavy (non-hydrogen) atoms. The largest absolute Gasteiger partial charge is 0.296 e. The van der Waals surface area contributed by atoms with Crippen LogP contribution in [0.25, 0.3) is 0 Å². The van der Waals surface area contributed by atoms with Gasteiger partial charge < -0.3 is 0 Å². The van der Waals surface area contributed by atoms with E-state index in [0.717, 1.165) is 0 Å². The summed E-state index contributed by atoms with van der Waals surface area (Å²) in [5.41, 5.74) is -0.111. The van der Waals surface area contributed by atoms with Gasteiger partial charge in [0.25, 0.3) is 5.56 Å². The molecule has 1 aromatic rings. The van der Waals surface area contributed by atoms with Crippen LogP contribution in [0.5, 0.6) is 0 Å². The molecule has 0 atom stereocenters. The predicted molar refractivity (Wildman–Crippen MR) is 57.8 cm³/mol. The minimum atomic E-state index is -0.299. The first kappa shape index (κ1) is 11.2. The quantitative estimate of drug-likeness (QED) is 0.730. The SMILES string of the molecule is CC(C)C(C)(C)c1n[nH]c(S)nc1=O. The van der Waals surface area contributed by atoms with Gasteiger partial charge in [-0.1, -0.05) is 27.7 Å². The van der Waals surface area contributed by atoms with Gasteiger partial charge in [-0.25, -0.2) is 0 Å². The van der Waals surface area contributed by atoms with Crippen molar-refractivity contribution >= 4 is 12.6 Å². The third-order valence-corrected chi connectivity index (χ3v) is 2.93. The lowest BCUT2D eigenvalue weighted by molar-refractivity contribution is 0.352. The van der Waals surface area contributed by atoms with E-state index in [-0.39, 0.29) is 16.1 Å². The van der Waals surface area contributed by atoms with Crippen LogP contribution >= 0.6 is 12.6 Å². The molecular formula is C9H15N3OS. The second kappa shape index (κ2) is 3.73. The van der Waals surface area contributed by atoms with E-state index in [0.29, 0.717) is 11.6 Å². The van der Waals surface area contributed by atoms with Gasteiger partial charge in [0.1, 0.15) is 5.69 Å². The zero-order valence-electron chi connectivity index (χ0n) is 8.83. The zero-order chi connectivity index (χ0) is 10.9. The van der Waals surface area contributed by atoms with E-state index in [4.69, 9.17) is 0 Å². The number of hydrogen-bond donors (Lipinski definition) is 2. The number of H-pyrrole nitrogens is 1. The topological polar surface area (TPSA) is 58.6 Å². The molecule has 0 unspecified atom stereocenters. The normalized spacial score (nSPS) is 12.1. The summed E-state index contributed by atoms with van der Waals surface area (Å²) in [6.45, 7) is 8.07. The number of aromatic nitrogens is 3. The van der Waals surface area contributed by atoms with Gasteiger partial charge in [0.2, 0.25) is 0 Å². The summed E-state index contributed by atoms with van der Waals surface area (Å²) in [6.07, 6.45) is 0. The monoisotopic (exact) mass is 213 g/mol. The minimum Gasteiger partial charge on any atom is -0.265 e. The van der Waals surface area contributed by atoms with Crippen LogP contribution in [0.15, 0.2) is 9.95 Å². The molecule has 0 radical (unpaired) electrons. The number of aromatic amines is 1. The van der Waals surface area contributed by atoms with Gasteiger partial charge in [-0.15, -0.1) is 12.6 Å². The molecule has 0 aliphatic carbocycles. The molecule has 1 rings (SSSR count). The van der Waals surface area contributed by atoms with Gasteiger partial charge in [0.15, 0.2) is 5.16 Å². The standard InChI is InChI=1S/C9H15N3OS/c1-5(2)9(3,4)6-7(13)10-8(14)12-11-6/h5H,1-4H3,(H2,10,12,13,14). The molecule has 0 amide bonds. The Morgan fingerprint density at radius 2 is 2.00 bits per heavy atom. The van der Waals surface area contributed by atoms with Gasteiger partial charge in [-0.2, -0.15) is 10.1 Å². The van der Waals surface area contributed by atoms with Gasteiger partial charge >= 0.3 is 0 Å². The number of hydrogen-bond acceptors (Lipinski definition) is 4. The molecule has 4 nitrogen and oxygen atoms in total. The van der Waals surface area contributed by atoms with E-state index in [1.54, 1.807) is 0 Å². The van der Waals surface area contributed by atoms with E-state index in [2.05, 4.69) is 41.7 Å². The molecule has 1 N–H and O–H groups in total. The number of nitrogens with zero attached hydrogens (tertiary/aromatic N) is 2. The molecule has 0 saturated heterocycles. The Morgan fingerprint density at radius 1 is 1.43 bits per heavy atom. The summed E-state index contributed by atoms with van der Waals surface area (Å²) in [5.74, 6) is 0.323. The molecular weight excluding hydrogens is 198 g/mol. The highest BCUT2D eigenvalue weighted by Gasteiger charge is 2.29. The van der Waals surface area contributed by atoms with Crippen molar-refractivity contribution in [3.8, 4) is 0 Å². The molecule has 5 heteroatoms. The Balaban J connectivity index is 3.27. The van der Waals surface area contributed by atoms with Crippen LogP contribution in [0, 0.1) is 5.92 Å². The lowest BCUT2D eigenvalue weighted by Crippen LogP contribution is -2.34. The first-order valence-electron chi connectivity index (χ1n) is 4.52. The van der Waals surface area contributed by atoms with E-state index < -0.39 is 0 Å². The molecule has 1 heterocycles. The molecule has 0 spiro atoms. The highest BCUT2D eigenvalue weighted by atomic mass is 32.1. The number of nitrogens with one attached hydrogen (secondary N) is 1. The maximum atomic E-state index is 11.5. The van der Waals surface area contributed by atoms with Crippen LogP contribution in [0.4, 0.5) is 0 Å². The summed E-state index contributed by atoms with van der Waals surface area (Å²) in [6, 6.07) is 0. The van der Waals surface area contributed by atoms with Crippen molar-refractivity contribution in [3.05, 3.63) is 16.0 Å². The highest BCUT2D eigenvalue weighted by Crippen LogP contribution is 2.26. The maximum absolute atomic E-state index is 11.5. The molecule has 0 bridgehead atoms. The average molecular weight is 213 g/mol. The van der Waals surface area contributed by atoms with E-state index in [1.165, 1.54) is 0 Å². The summed E-state index contributed by atoms with van der Waals surface area (Å²) < 4.78 is 0. The fourth-order valence-corrected chi connectivity index (χ4v) is 1.16. The van der Waals surface area contributed by atoms with Gasteiger partial charge in [-0.05, 0) is 5.92 Å². The predicted octanol–water partition coefficient (Wildman–Crippen LogP) is 1.39.